The molecule has 1 aliphatic carbocycles. The van der Waals surface area contributed by atoms with Crippen molar-refractivity contribution in [3.05, 3.63) is 68.3 Å². The molecular weight excluding hydrogens is 511 g/mol. The third kappa shape index (κ3) is 5.94. The van der Waals surface area contributed by atoms with E-state index in [1.807, 2.05) is 6.92 Å². The number of allylic oxidation sites excluding steroid dienone is 2. The number of rotatable bonds is 7. The lowest BCUT2D eigenvalue weighted by atomic mass is 10.1. The Morgan fingerprint density at radius 1 is 1.17 bits per heavy atom. The lowest BCUT2D eigenvalue weighted by Crippen LogP contribution is -2.28. The first-order valence-electron chi connectivity index (χ1n) is 11.1. The number of carboxylic acid groups (broad SMARTS) is 1. The number of aryl methyl sites for hydroxylation is 3. The molecule has 0 aliphatic heterocycles. The lowest BCUT2D eigenvalue weighted by molar-refractivity contribution is -0.139. The summed E-state index contributed by atoms with van der Waals surface area (Å²) in [5.74, 6) is -0.806. The van der Waals surface area contributed by atoms with Crippen molar-refractivity contribution in [3.8, 4) is 10.6 Å². The van der Waals surface area contributed by atoms with Gasteiger partial charge < -0.3 is 5.11 Å². The van der Waals surface area contributed by atoms with Crippen LogP contribution in [0.5, 0.6) is 0 Å². The van der Waals surface area contributed by atoms with Gasteiger partial charge in [0.2, 0.25) is 0 Å². The molecule has 3 aromatic rings. The predicted molar refractivity (Wildman–Crippen MR) is 139 cm³/mol. The molecule has 4 nitrogen and oxygen atoms in total. The summed E-state index contributed by atoms with van der Waals surface area (Å²) in [6.07, 6.45) is 4.14. The van der Waals surface area contributed by atoms with Gasteiger partial charge in [-0.2, -0.15) is 13.2 Å². The Bertz CT molecular complexity index is 1400. The molecule has 0 bridgehead atoms. The fraction of sp³-hybridized carbons (Fsp3) is 0.320. The van der Waals surface area contributed by atoms with Crippen molar-refractivity contribution >= 4 is 45.5 Å². The average Bonchev–Trinajstić information content (AvgIpc) is 3.31. The number of aliphatic carboxylic acids is 1. The molecule has 1 aromatic carbocycles. The molecule has 2 atom stereocenters. The van der Waals surface area contributed by atoms with Gasteiger partial charge >= 0.3 is 12.1 Å². The molecule has 0 amide bonds. The molecule has 35 heavy (non-hydrogen) atoms. The number of halogens is 3. The third-order valence-corrected chi connectivity index (χ3v) is 10.2. The monoisotopic (exact) mass is 536 g/mol. The maximum absolute atomic E-state index is 12.9. The van der Waals surface area contributed by atoms with E-state index in [1.54, 1.807) is 13.8 Å². The van der Waals surface area contributed by atoms with Crippen LogP contribution in [0.25, 0.3) is 22.0 Å². The number of aromatic nitrogens is 2. The molecular formula is C25H25F3N2O2P2S. The van der Waals surface area contributed by atoms with Crippen LogP contribution in [-0.2, 0) is 23.8 Å². The summed E-state index contributed by atoms with van der Waals surface area (Å²) in [4.78, 5) is 23.3. The number of hydrogen-bond donors (Lipinski definition) is 1. The summed E-state index contributed by atoms with van der Waals surface area (Å²) in [6, 6.07) is 5.11. The van der Waals surface area contributed by atoms with Gasteiger partial charge in [0.25, 0.3) is 0 Å². The van der Waals surface area contributed by atoms with Crippen LogP contribution in [-0.4, -0.2) is 26.2 Å². The largest absolute Gasteiger partial charge is 0.481 e. The minimum atomic E-state index is -4.36. The highest BCUT2D eigenvalue weighted by Gasteiger charge is 2.30. The zero-order valence-corrected chi connectivity index (χ0v) is 22.3. The van der Waals surface area contributed by atoms with Gasteiger partial charge in [0, 0.05) is 15.4 Å². The van der Waals surface area contributed by atoms with E-state index < -0.39 is 22.9 Å². The zero-order chi connectivity index (χ0) is 25.4. The number of alkyl halides is 3. The van der Waals surface area contributed by atoms with Crippen molar-refractivity contribution in [2.24, 2.45) is 0 Å². The fourth-order valence-corrected chi connectivity index (χ4v) is 7.57. The molecule has 0 radical (unpaired) electrons. The highest BCUT2D eigenvalue weighted by molar-refractivity contribution is 7.53. The van der Waals surface area contributed by atoms with Gasteiger partial charge in [0.1, 0.15) is 5.01 Å². The van der Waals surface area contributed by atoms with E-state index in [4.69, 9.17) is 4.98 Å². The first-order chi connectivity index (χ1) is 16.4. The number of carbonyl (C=O) groups is 1. The number of fused-ring (bicyclic) bond motifs is 1. The van der Waals surface area contributed by atoms with Gasteiger partial charge in [-0.05, 0) is 57.5 Å². The van der Waals surface area contributed by atoms with Gasteiger partial charge in [0.05, 0.1) is 27.2 Å². The number of thiazole rings is 1. The van der Waals surface area contributed by atoms with E-state index in [-0.39, 0.29) is 8.58 Å². The minimum Gasteiger partial charge on any atom is -0.481 e. The standard InChI is InChI=1S/C25H25F3N2O2P2S/c1-14-19(35-22(29-14)15-8-10-16(11-9-15)25(26,27)28)12-13-20-30-17-6-4-5-7-18(21(17)33-20)34-24(2,3)23(31)32/h5-11,33-34H,4,12-13H2,1-3H3,(H,31,32). The maximum Gasteiger partial charge on any atom is 0.416 e. The molecule has 0 saturated heterocycles. The van der Waals surface area contributed by atoms with Crippen LogP contribution < -0.4 is 10.3 Å². The Morgan fingerprint density at radius 3 is 2.54 bits per heavy atom. The Labute approximate surface area is 208 Å². The van der Waals surface area contributed by atoms with E-state index in [0.29, 0.717) is 18.8 Å². The highest BCUT2D eigenvalue weighted by Crippen LogP contribution is 2.40. The Balaban J connectivity index is 1.55. The van der Waals surface area contributed by atoms with Crippen LogP contribution in [0.1, 0.15) is 41.8 Å². The second-order valence-electron chi connectivity index (χ2n) is 8.86. The Hall–Kier alpha value is -2.27. The van der Waals surface area contributed by atoms with E-state index >= 15 is 0 Å². The van der Waals surface area contributed by atoms with Crippen LogP contribution in [0.4, 0.5) is 13.2 Å². The molecule has 1 N–H and O–H groups in total. The second-order valence-corrected chi connectivity index (χ2v) is 13.3. The number of nitrogens with zero attached hydrogens (tertiary/aromatic N) is 2. The Morgan fingerprint density at radius 2 is 1.89 bits per heavy atom. The summed E-state index contributed by atoms with van der Waals surface area (Å²) >= 11 is 1.50. The second kappa shape index (κ2) is 10.0. The van der Waals surface area contributed by atoms with E-state index in [0.717, 1.165) is 63.0 Å². The molecule has 2 aromatic heterocycles. The van der Waals surface area contributed by atoms with Crippen molar-refractivity contribution in [1.29, 1.82) is 0 Å². The Kier molecular flexibility index (Phi) is 7.38. The SMILES string of the molecule is Cc1nc(-c2ccc(C(F)(F)F)cc2)sc1CCc1nc2c([pH]1)=C(PC(C)(C)C(=O)O)C=CCC=2. The fourth-order valence-electron chi connectivity index (χ4n) is 3.67. The molecule has 10 heteroatoms. The van der Waals surface area contributed by atoms with Crippen LogP contribution in [0.15, 0.2) is 36.4 Å². The summed E-state index contributed by atoms with van der Waals surface area (Å²) in [7, 11) is 0.557. The molecule has 2 heterocycles. The van der Waals surface area contributed by atoms with Crippen molar-refractivity contribution < 1.29 is 23.1 Å². The lowest BCUT2D eigenvalue weighted by Gasteiger charge is -2.19. The van der Waals surface area contributed by atoms with E-state index in [1.165, 1.54) is 23.5 Å². The summed E-state index contributed by atoms with van der Waals surface area (Å²) in [5, 5.41) is 11.5. The van der Waals surface area contributed by atoms with Gasteiger partial charge in [-0.1, -0.05) is 38.9 Å². The molecule has 0 spiro atoms. The zero-order valence-electron chi connectivity index (χ0n) is 19.5. The normalized spacial score (nSPS) is 14.5. The average molecular weight is 536 g/mol. The molecule has 1 aliphatic rings. The van der Waals surface area contributed by atoms with Crippen LogP contribution in [0.2, 0.25) is 0 Å². The minimum absolute atomic E-state index is 0.150. The van der Waals surface area contributed by atoms with Gasteiger partial charge in [-0.3, -0.25) is 4.79 Å². The van der Waals surface area contributed by atoms with Crippen molar-refractivity contribution in [2.75, 3.05) is 0 Å². The van der Waals surface area contributed by atoms with Crippen LogP contribution >= 0.6 is 28.1 Å². The smallest absolute Gasteiger partial charge is 0.416 e. The molecule has 0 saturated carbocycles. The van der Waals surface area contributed by atoms with Gasteiger partial charge in [-0.15, -0.1) is 19.5 Å². The van der Waals surface area contributed by atoms with E-state index in [9.17, 15) is 23.1 Å². The number of hydrogen-bond acceptors (Lipinski definition) is 4. The molecule has 184 valence electrons. The summed E-state index contributed by atoms with van der Waals surface area (Å²) in [6.45, 7) is 5.43. The number of carboxylic acids is 1. The van der Waals surface area contributed by atoms with Crippen molar-refractivity contribution in [3.63, 3.8) is 0 Å². The molecule has 4 rings (SSSR count). The van der Waals surface area contributed by atoms with Crippen LogP contribution in [0, 0.1) is 6.92 Å². The van der Waals surface area contributed by atoms with Gasteiger partial charge in [-0.25, -0.2) is 9.97 Å². The first-order valence-corrected chi connectivity index (χ1v) is 13.9. The first kappa shape index (κ1) is 25.8. The van der Waals surface area contributed by atoms with Crippen molar-refractivity contribution in [2.45, 2.75) is 51.4 Å². The van der Waals surface area contributed by atoms with Gasteiger partial charge in [0.15, 0.2) is 0 Å². The maximum atomic E-state index is 12.9. The predicted octanol–water partition coefficient (Wildman–Crippen LogP) is 5.74. The molecule has 0 fully saturated rings. The molecule has 2 unspecified atom stereocenters. The highest BCUT2D eigenvalue weighted by atomic mass is 32.1. The van der Waals surface area contributed by atoms with E-state index in [2.05, 4.69) is 23.2 Å². The van der Waals surface area contributed by atoms with Crippen LogP contribution in [0.3, 0.4) is 0 Å². The quantitative estimate of drug-likeness (QED) is 0.392. The topological polar surface area (TPSA) is 63.1 Å². The van der Waals surface area contributed by atoms with Crippen molar-refractivity contribution in [1.82, 2.24) is 9.97 Å². The third-order valence-electron chi connectivity index (χ3n) is 5.70. The summed E-state index contributed by atoms with van der Waals surface area (Å²) in [5.41, 5.74) is 1.97. The summed E-state index contributed by atoms with van der Waals surface area (Å²) < 4.78 is 38.6. The number of benzene rings is 1.